The van der Waals surface area contributed by atoms with Gasteiger partial charge in [0.15, 0.2) is 0 Å². The molecule has 1 heterocycles. The maximum absolute atomic E-state index is 9.60. The molecule has 0 amide bonds. The van der Waals surface area contributed by atoms with Gasteiger partial charge in [0.2, 0.25) is 6.49 Å². The highest BCUT2D eigenvalue weighted by Crippen LogP contribution is 2.64. The first-order valence-electron chi connectivity index (χ1n) is 8.28. The molecule has 0 spiro atoms. The van der Waals surface area contributed by atoms with Crippen molar-refractivity contribution in [1.82, 2.24) is 0 Å². The smallest absolute Gasteiger partial charge is 0.215 e. The van der Waals surface area contributed by atoms with Crippen LogP contribution in [0.2, 0.25) is 0 Å². The van der Waals surface area contributed by atoms with E-state index >= 15 is 0 Å². The van der Waals surface area contributed by atoms with Crippen molar-refractivity contribution in [3.63, 3.8) is 0 Å². The van der Waals surface area contributed by atoms with E-state index in [4.69, 9.17) is 20.9 Å². The van der Waals surface area contributed by atoms with Crippen LogP contribution in [0.1, 0.15) is 30.8 Å². The lowest BCUT2D eigenvalue weighted by atomic mass is 9.97. The lowest BCUT2D eigenvalue weighted by molar-refractivity contribution is 0.0579. The zero-order chi connectivity index (χ0) is 18.1. The molecular formula is C19H24NO3PS. The molecule has 0 aromatic heterocycles. The Labute approximate surface area is 154 Å². The number of rotatable bonds is 4. The monoisotopic (exact) mass is 377 g/mol. The Hall–Kier alpha value is -1.39. The Kier molecular flexibility index (Phi) is 5.21. The largest absolute Gasteiger partial charge is 0.508 e. The van der Waals surface area contributed by atoms with Crippen molar-refractivity contribution in [2.75, 3.05) is 18.5 Å². The summed E-state index contributed by atoms with van der Waals surface area (Å²) < 4.78 is 12.2. The zero-order valence-electron chi connectivity index (χ0n) is 14.7. The van der Waals surface area contributed by atoms with Crippen LogP contribution in [0, 0.1) is 12.3 Å². The van der Waals surface area contributed by atoms with Crippen LogP contribution in [0.5, 0.6) is 5.75 Å². The number of anilines is 1. The number of phenolic OH excluding ortho intramolecular Hbond substituents is 1. The molecule has 2 aromatic carbocycles. The van der Waals surface area contributed by atoms with Crippen LogP contribution in [0.25, 0.3) is 0 Å². The number of aryl methyl sites for hydroxylation is 1. The molecule has 1 aliphatic rings. The minimum absolute atomic E-state index is 0.0360. The van der Waals surface area contributed by atoms with E-state index in [1.807, 2.05) is 24.3 Å². The average molecular weight is 377 g/mol. The topological polar surface area (TPSA) is 50.7 Å². The molecule has 4 nitrogen and oxygen atoms in total. The third-order valence-electron chi connectivity index (χ3n) is 4.15. The van der Waals surface area contributed by atoms with Gasteiger partial charge in [0.25, 0.3) is 0 Å². The fraction of sp³-hybridized carbons (Fsp3) is 0.368. The lowest BCUT2D eigenvalue weighted by Crippen LogP contribution is -2.31. The van der Waals surface area contributed by atoms with Gasteiger partial charge in [0.05, 0.1) is 13.2 Å². The standard InChI is InChI=1S/C19H24NO3PS/c1-14-4-8-16(9-5-14)20-18(15-6-10-17(21)11-7-15)24(25)22-12-19(2,3)13-23-24/h4-11,18,20-21H,12-13H2,1-3H3/t18-/m1/s1. The molecule has 1 aliphatic heterocycles. The molecule has 0 saturated carbocycles. The van der Waals surface area contributed by atoms with Gasteiger partial charge in [-0.15, -0.1) is 0 Å². The van der Waals surface area contributed by atoms with Crippen molar-refractivity contribution >= 4 is 24.0 Å². The van der Waals surface area contributed by atoms with Crippen molar-refractivity contribution in [3.05, 3.63) is 59.7 Å². The van der Waals surface area contributed by atoms with Gasteiger partial charge in [0.1, 0.15) is 11.5 Å². The SMILES string of the molecule is Cc1ccc(N[C@@H](c2ccc(O)cc2)P2(=S)OCC(C)(C)CO2)cc1. The van der Waals surface area contributed by atoms with Gasteiger partial charge in [-0.2, -0.15) is 0 Å². The van der Waals surface area contributed by atoms with E-state index in [2.05, 4.69) is 38.2 Å². The molecule has 1 fully saturated rings. The molecule has 6 heteroatoms. The fourth-order valence-electron chi connectivity index (χ4n) is 2.57. The molecule has 0 radical (unpaired) electrons. The first-order valence-corrected chi connectivity index (χ1v) is 11.0. The number of nitrogens with one attached hydrogen (secondary N) is 1. The number of benzene rings is 2. The van der Waals surface area contributed by atoms with Crippen molar-refractivity contribution < 1.29 is 14.2 Å². The Morgan fingerprint density at radius 2 is 1.60 bits per heavy atom. The predicted molar refractivity (Wildman–Crippen MR) is 106 cm³/mol. The summed E-state index contributed by atoms with van der Waals surface area (Å²) in [6.45, 7) is 4.84. The van der Waals surface area contributed by atoms with E-state index in [0.717, 1.165) is 11.3 Å². The predicted octanol–water partition coefficient (Wildman–Crippen LogP) is 5.19. The van der Waals surface area contributed by atoms with Crippen LogP contribution >= 0.6 is 6.49 Å². The summed E-state index contributed by atoms with van der Waals surface area (Å²) in [5.41, 5.74) is 3.07. The van der Waals surface area contributed by atoms with Crippen LogP contribution in [0.4, 0.5) is 5.69 Å². The number of phenols is 1. The van der Waals surface area contributed by atoms with Gasteiger partial charge in [-0.05, 0) is 48.6 Å². The van der Waals surface area contributed by atoms with Crippen molar-refractivity contribution in [3.8, 4) is 5.75 Å². The Bertz CT molecular complexity index is 760. The van der Waals surface area contributed by atoms with Crippen LogP contribution < -0.4 is 5.32 Å². The molecule has 3 rings (SSSR count). The minimum Gasteiger partial charge on any atom is -0.508 e. The quantitative estimate of drug-likeness (QED) is 0.718. The Balaban J connectivity index is 1.92. The van der Waals surface area contributed by atoms with Gasteiger partial charge in [-0.3, -0.25) is 0 Å². The number of aromatic hydroxyl groups is 1. The second kappa shape index (κ2) is 7.08. The minimum atomic E-state index is -2.58. The average Bonchev–Trinajstić information content (AvgIpc) is 2.58. The highest BCUT2D eigenvalue weighted by atomic mass is 32.5. The molecule has 2 N–H and O–H groups in total. The second-order valence-electron chi connectivity index (χ2n) is 7.26. The summed E-state index contributed by atoms with van der Waals surface area (Å²) >= 11 is 5.86. The molecule has 0 bridgehead atoms. The van der Waals surface area contributed by atoms with Crippen LogP contribution in [0.15, 0.2) is 48.5 Å². The van der Waals surface area contributed by atoms with Crippen molar-refractivity contribution in [2.24, 2.45) is 5.41 Å². The molecule has 25 heavy (non-hydrogen) atoms. The molecule has 1 saturated heterocycles. The molecule has 2 aromatic rings. The van der Waals surface area contributed by atoms with Crippen molar-refractivity contribution in [2.45, 2.75) is 26.6 Å². The van der Waals surface area contributed by atoms with Gasteiger partial charge >= 0.3 is 0 Å². The summed E-state index contributed by atoms with van der Waals surface area (Å²) in [5.74, 6) is -0.0527. The van der Waals surface area contributed by atoms with Gasteiger partial charge in [-0.25, -0.2) is 0 Å². The summed E-state index contributed by atoms with van der Waals surface area (Å²) in [5, 5.41) is 13.1. The van der Waals surface area contributed by atoms with Crippen LogP contribution in [-0.2, 0) is 20.9 Å². The molecule has 0 aliphatic carbocycles. The highest BCUT2D eigenvalue weighted by molar-refractivity contribution is 8.10. The second-order valence-corrected chi connectivity index (χ2v) is 10.9. The maximum atomic E-state index is 9.60. The van der Waals surface area contributed by atoms with E-state index < -0.39 is 6.49 Å². The Morgan fingerprint density at radius 3 is 2.16 bits per heavy atom. The fourth-order valence-corrected chi connectivity index (χ4v) is 5.68. The zero-order valence-corrected chi connectivity index (χ0v) is 16.4. The van der Waals surface area contributed by atoms with E-state index in [-0.39, 0.29) is 16.9 Å². The van der Waals surface area contributed by atoms with E-state index in [9.17, 15) is 5.11 Å². The number of hydrogen-bond acceptors (Lipinski definition) is 5. The lowest BCUT2D eigenvalue weighted by Gasteiger charge is -2.40. The normalized spacial score (nSPS) is 20.0. The first-order chi connectivity index (χ1) is 11.8. The summed E-state index contributed by atoms with van der Waals surface area (Å²) in [7, 11) is 0. The van der Waals surface area contributed by atoms with E-state index in [0.29, 0.717) is 13.2 Å². The van der Waals surface area contributed by atoms with Gasteiger partial charge in [-0.1, -0.05) is 43.7 Å². The van der Waals surface area contributed by atoms with Crippen LogP contribution in [-0.4, -0.2) is 18.3 Å². The summed E-state index contributed by atoms with van der Waals surface area (Å²) in [6.07, 6.45) is 0. The number of hydrogen-bond donors (Lipinski definition) is 2. The third-order valence-corrected chi connectivity index (χ3v) is 7.45. The highest BCUT2D eigenvalue weighted by Gasteiger charge is 2.40. The first kappa shape index (κ1) is 18.4. The van der Waals surface area contributed by atoms with E-state index in [1.54, 1.807) is 12.1 Å². The van der Waals surface area contributed by atoms with Gasteiger partial charge < -0.3 is 19.5 Å². The van der Waals surface area contributed by atoms with E-state index in [1.165, 1.54) is 5.56 Å². The molecule has 0 unspecified atom stereocenters. The summed E-state index contributed by atoms with van der Waals surface area (Å²) in [6, 6.07) is 15.2. The van der Waals surface area contributed by atoms with Crippen LogP contribution in [0.3, 0.4) is 0 Å². The van der Waals surface area contributed by atoms with Gasteiger partial charge in [0, 0.05) is 11.1 Å². The molecule has 134 valence electrons. The summed E-state index contributed by atoms with van der Waals surface area (Å²) in [4.78, 5) is 0. The Morgan fingerprint density at radius 1 is 1.04 bits per heavy atom. The molecule has 1 atom stereocenters. The molecular weight excluding hydrogens is 353 g/mol. The third kappa shape index (κ3) is 4.42. The van der Waals surface area contributed by atoms with Crippen molar-refractivity contribution in [1.29, 1.82) is 0 Å². The maximum Gasteiger partial charge on any atom is 0.215 e.